The molecule has 5 atom stereocenters. The van der Waals surface area contributed by atoms with Crippen LogP contribution in [0.4, 0.5) is 0 Å². The zero-order chi connectivity index (χ0) is 11.0. The number of nitrogens with zero attached hydrogens (tertiary/aromatic N) is 1. The number of hydrogen-bond acceptors (Lipinski definition) is 1. The first-order valence-corrected chi connectivity index (χ1v) is 7.19. The summed E-state index contributed by atoms with van der Waals surface area (Å²) in [5.74, 6) is 2.68. The molecule has 1 heteroatoms. The summed E-state index contributed by atoms with van der Waals surface area (Å²) < 4.78 is 0. The monoisotopic (exact) mass is 217 g/mol. The Morgan fingerprint density at radius 1 is 1.06 bits per heavy atom. The second-order valence-electron chi connectivity index (χ2n) is 7.32. The van der Waals surface area contributed by atoms with E-state index in [1.165, 1.54) is 38.5 Å². The van der Waals surface area contributed by atoms with Gasteiger partial charge < -0.3 is 0 Å². The molecule has 0 N–H and O–H groups in total. The van der Waals surface area contributed by atoms with E-state index >= 15 is 0 Å². The van der Waals surface area contributed by atoms with Crippen molar-refractivity contribution in [1.29, 1.82) is 0 Å². The lowest BCUT2D eigenvalue weighted by Gasteiger charge is -2.64. The first-order chi connectivity index (χ1) is 7.66. The van der Waals surface area contributed by atoms with Gasteiger partial charge >= 0.3 is 0 Å². The summed E-state index contributed by atoms with van der Waals surface area (Å²) in [7, 11) is 0. The van der Waals surface area contributed by atoms with Crippen LogP contribution < -0.4 is 0 Å². The summed E-state index contributed by atoms with van der Waals surface area (Å²) in [6.07, 6.45) is 11.2. The predicted octanol–water partition coefficient (Wildman–Crippen LogP) is 3.68. The number of aliphatic imine (C=N–C) groups is 1. The fourth-order valence-electron chi connectivity index (χ4n) is 5.97. The molecule has 1 nitrogen and oxygen atoms in total. The van der Waals surface area contributed by atoms with E-state index in [0.29, 0.717) is 16.9 Å². The van der Waals surface area contributed by atoms with Crippen molar-refractivity contribution in [2.45, 2.75) is 58.4 Å². The van der Waals surface area contributed by atoms with E-state index in [1.807, 2.05) is 0 Å². The van der Waals surface area contributed by atoms with Gasteiger partial charge in [0.1, 0.15) is 0 Å². The largest absolute Gasteiger partial charge is 0.293 e. The molecule has 0 saturated heterocycles. The molecule has 1 spiro atoms. The molecular formula is C15H23N. The second kappa shape index (κ2) is 2.73. The maximum Gasteiger partial charge on any atom is 0.0588 e. The third-order valence-electron chi connectivity index (χ3n) is 6.68. The van der Waals surface area contributed by atoms with Crippen LogP contribution in [0.15, 0.2) is 4.99 Å². The molecule has 0 radical (unpaired) electrons. The molecule has 3 fully saturated rings. The Kier molecular flexibility index (Phi) is 1.65. The smallest absolute Gasteiger partial charge is 0.0588 e. The molecule has 0 aromatic carbocycles. The van der Waals surface area contributed by atoms with Gasteiger partial charge in [-0.1, -0.05) is 26.7 Å². The topological polar surface area (TPSA) is 12.4 Å². The van der Waals surface area contributed by atoms with Crippen LogP contribution in [0.5, 0.6) is 0 Å². The highest BCUT2D eigenvalue weighted by Crippen LogP contribution is 2.69. The average Bonchev–Trinajstić information content (AvgIpc) is 2.67. The van der Waals surface area contributed by atoms with Gasteiger partial charge in [0, 0.05) is 12.1 Å². The van der Waals surface area contributed by atoms with Crippen molar-refractivity contribution in [2.24, 2.45) is 33.6 Å². The van der Waals surface area contributed by atoms with Crippen LogP contribution in [0, 0.1) is 28.6 Å². The van der Waals surface area contributed by atoms with Crippen molar-refractivity contribution in [2.75, 3.05) is 0 Å². The second-order valence-corrected chi connectivity index (χ2v) is 7.32. The molecule has 2 aliphatic heterocycles. The Bertz CT molecular complexity index is 356. The molecule has 3 saturated carbocycles. The highest BCUT2D eigenvalue weighted by atomic mass is 14.9. The molecular weight excluding hydrogens is 194 g/mol. The van der Waals surface area contributed by atoms with Crippen LogP contribution in [0.1, 0.15) is 52.4 Å². The Balaban J connectivity index is 1.90. The van der Waals surface area contributed by atoms with Crippen LogP contribution in [0.25, 0.3) is 0 Å². The summed E-state index contributed by atoms with van der Waals surface area (Å²) in [5.41, 5.74) is 1.20. The van der Waals surface area contributed by atoms with Gasteiger partial charge in [0.05, 0.1) is 6.04 Å². The van der Waals surface area contributed by atoms with Crippen molar-refractivity contribution >= 4 is 6.21 Å². The first kappa shape index (κ1) is 9.67. The molecule has 5 aliphatic rings. The van der Waals surface area contributed by atoms with Crippen LogP contribution in [-0.2, 0) is 0 Å². The minimum atomic E-state index is 0.533. The predicted molar refractivity (Wildman–Crippen MR) is 66.7 cm³/mol. The molecule has 16 heavy (non-hydrogen) atoms. The quantitative estimate of drug-likeness (QED) is 0.587. The highest BCUT2D eigenvalue weighted by Gasteiger charge is 2.65. The summed E-state index contributed by atoms with van der Waals surface area (Å²) in [6.45, 7) is 5.04. The molecule has 5 rings (SSSR count). The first-order valence-electron chi connectivity index (χ1n) is 7.19. The van der Waals surface area contributed by atoms with Crippen LogP contribution in [0.3, 0.4) is 0 Å². The van der Waals surface area contributed by atoms with E-state index in [1.54, 1.807) is 0 Å². The summed E-state index contributed by atoms with van der Waals surface area (Å²) in [6, 6.07) is 0.703. The maximum absolute atomic E-state index is 4.99. The van der Waals surface area contributed by atoms with Gasteiger partial charge in [-0.05, 0) is 48.3 Å². The van der Waals surface area contributed by atoms with Crippen LogP contribution >= 0.6 is 0 Å². The van der Waals surface area contributed by atoms with Crippen LogP contribution in [-0.4, -0.2) is 12.3 Å². The molecule has 0 aromatic heterocycles. The van der Waals surface area contributed by atoms with E-state index in [4.69, 9.17) is 4.99 Å². The molecule has 3 aliphatic carbocycles. The minimum Gasteiger partial charge on any atom is -0.293 e. The maximum atomic E-state index is 4.99. The van der Waals surface area contributed by atoms with Gasteiger partial charge in [0.15, 0.2) is 0 Å². The van der Waals surface area contributed by atoms with E-state index < -0.39 is 0 Å². The highest BCUT2D eigenvalue weighted by molar-refractivity contribution is 5.66. The fourth-order valence-corrected chi connectivity index (χ4v) is 5.97. The Labute approximate surface area is 98.7 Å². The lowest BCUT2D eigenvalue weighted by molar-refractivity contribution is -0.0997. The number of rotatable bonds is 0. The summed E-state index contributed by atoms with van der Waals surface area (Å²) in [5, 5.41) is 0. The Morgan fingerprint density at radius 3 is 2.50 bits per heavy atom. The zero-order valence-electron chi connectivity index (χ0n) is 10.6. The lowest BCUT2D eigenvalue weighted by atomic mass is 9.43. The summed E-state index contributed by atoms with van der Waals surface area (Å²) >= 11 is 0. The van der Waals surface area contributed by atoms with Gasteiger partial charge in [-0.25, -0.2) is 0 Å². The normalized spacial score (nSPS) is 56.4. The average molecular weight is 217 g/mol. The Hall–Kier alpha value is -0.330. The fraction of sp³-hybridized carbons (Fsp3) is 0.933. The molecule has 0 amide bonds. The molecule has 0 aromatic rings. The molecule has 0 unspecified atom stereocenters. The summed E-state index contributed by atoms with van der Waals surface area (Å²) in [4.78, 5) is 4.99. The molecule has 4 bridgehead atoms. The van der Waals surface area contributed by atoms with Gasteiger partial charge in [-0.2, -0.15) is 0 Å². The van der Waals surface area contributed by atoms with Crippen molar-refractivity contribution in [3.05, 3.63) is 0 Å². The number of hydrogen-bond donors (Lipinski definition) is 0. The van der Waals surface area contributed by atoms with Gasteiger partial charge in [-0.3, -0.25) is 4.99 Å². The molecule has 2 heterocycles. The minimum absolute atomic E-state index is 0.533. The SMILES string of the molecule is CC1(C)[C@@H]2C=N[C@@H]3[C@H]1CCC[C@@]31CCC[C@@H]21. The van der Waals surface area contributed by atoms with Crippen molar-refractivity contribution in [3.63, 3.8) is 0 Å². The van der Waals surface area contributed by atoms with Gasteiger partial charge in [0.25, 0.3) is 0 Å². The van der Waals surface area contributed by atoms with Crippen molar-refractivity contribution < 1.29 is 0 Å². The van der Waals surface area contributed by atoms with E-state index in [2.05, 4.69) is 20.1 Å². The van der Waals surface area contributed by atoms with Crippen LogP contribution in [0.2, 0.25) is 0 Å². The third-order valence-corrected chi connectivity index (χ3v) is 6.68. The lowest BCUT2D eigenvalue weighted by Crippen LogP contribution is -2.63. The standard InChI is InChI=1S/C15H23N/c1-14(2)11-6-4-8-15-7-3-5-10(15)12(14)9-16-13(11)15/h9-13H,3-8H2,1-2H3/t10-,11+,12+,13+,15+/m0/s1. The van der Waals surface area contributed by atoms with E-state index in [9.17, 15) is 0 Å². The van der Waals surface area contributed by atoms with Gasteiger partial charge in [0.2, 0.25) is 0 Å². The van der Waals surface area contributed by atoms with Gasteiger partial charge in [-0.15, -0.1) is 0 Å². The zero-order valence-corrected chi connectivity index (χ0v) is 10.6. The third kappa shape index (κ3) is 0.855. The van der Waals surface area contributed by atoms with E-state index in [0.717, 1.165) is 17.8 Å². The Morgan fingerprint density at radius 2 is 1.75 bits per heavy atom. The van der Waals surface area contributed by atoms with E-state index in [-0.39, 0.29) is 0 Å². The van der Waals surface area contributed by atoms with Crippen molar-refractivity contribution in [3.8, 4) is 0 Å². The molecule has 88 valence electrons. The van der Waals surface area contributed by atoms with Crippen molar-refractivity contribution in [1.82, 2.24) is 0 Å².